The largest absolute Gasteiger partial charge is 0.324 e. The average molecular weight is 360 g/mol. The first-order valence-electron chi connectivity index (χ1n) is 8.31. The van der Waals surface area contributed by atoms with E-state index in [1.807, 2.05) is 37.3 Å². The molecular weight excluding hydrogens is 336 g/mol. The van der Waals surface area contributed by atoms with Crippen LogP contribution in [0.15, 0.2) is 54.6 Å². The number of benzene rings is 2. The first kappa shape index (κ1) is 19.0. The Kier molecular flexibility index (Phi) is 6.20. The predicted octanol–water partition coefficient (Wildman–Crippen LogP) is 3.43. The molecule has 1 amide bonds. The van der Waals surface area contributed by atoms with Gasteiger partial charge in [-0.3, -0.25) is 9.10 Å². The van der Waals surface area contributed by atoms with Gasteiger partial charge >= 0.3 is 0 Å². The number of sulfonamides is 1. The topological polar surface area (TPSA) is 66.5 Å². The van der Waals surface area contributed by atoms with E-state index in [2.05, 4.69) is 5.32 Å². The Morgan fingerprint density at radius 1 is 1.04 bits per heavy atom. The van der Waals surface area contributed by atoms with Gasteiger partial charge in [0.15, 0.2) is 0 Å². The minimum absolute atomic E-state index is 0.335. The van der Waals surface area contributed by atoms with Crippen LogP contribution in [0.25, 0.3) is 0 Å². The molecule has 0 aliphatic heterocycles. The maximum atomic E-state index is 12.9. The minimum atomic E-state index is -3.61. The smallest absolute Gasteiger partial charge is 0.248 e. The zero-order chi connectivity index (χ0) is 18.4. The molecule has 1 N–H and O–H groups in total. The highest BCUT2D eigenvalue weighted by molar-refractivity contribution is 7.92. The average Bonchev–Trinajstić information content (AvgIpc) is 2.59. The molecule has 0 saturated heterocycles. The molecule has 0 aromatic heterocycles. The molecule has 0 aliphatic carbocycles. The summed E-state index contributed by atoms with van der Waals surface area (Å²) in [5, 5.41) is 2.89. The lowest BCUT2D eigenvalue weighted by atomic mass is 10.1. The first-order chi connectivity index (χ1) is 11.9. The molecule has 0 spiro atoms. The third-order valence-electron chi connectivity index (χ3n) is 4.00. The van der Waals surface area contributed by atoms with Crippen LogP contribution in [-0.2, 0) is 21.2 Å². The van der Waals surface area contributed by atoms with Crippen molar-refractivity contribution in [3.05, 3.63) is 60.2 Å². The zero-order valence-electron chi connectivity index (χ0n) is 14.8. The van der Waals surface area contributed by atoms with Crippen LogP contribution in [0.4, 0.5) is 11.4 Å². The molecule has 0 heterocycles. The van der Waals surface area contributed by atoms with Crippen LogP contribution in [0.5, 0.6) is 0 Å². The predicted molar refractivity (Wildman–Crippen MR) is 102 cm³/mol. The first-order valence-corrected chi connectivity index (χ1v) is 10.2. The van der Waals surface area contributed by atoms with Crippen molar-refractivity contribution in [3.63, 3.8) is 0 Å². The van der Waals surface area contributed by atoms with Crippen LogP contribution in [0.1, 0.15) is 25.8 Å². The second kappa shape index (κ2) is 8.16. The van der Waals surface area contributed by atoms with Gasteiger partial charge in [-0.2, -0.15) is 0 Å². The zero-order valence-corrected chi connectivity index (χ0v) is 15.6. The lowest BCUT2D eigenvalue weighted by molar-refractivity contribution is -0.117. The van der Waals surface area contributed by atoms with Gasteiger partial charge in [0.25, 0.3) is 0 Å². The molecule has 0 saturated carbocycles. The highest BCUT2D eigenvalue weighted by Crippen LogP contribution is 2.23. The van der Waals surface area contributed by atoms with Gasteiger partial charge in [0.1, 0.15) is 6.04 Å². The molecule has 0 aliphatic rings. The molecule has 134 valence electrons. The van der Waals surface area contributed by atoms with Crippen molar-refractivity contribution in [2.75, 3.05) is 15.9 Å². The van der Waals surface area contributed by atoms with E-state index in [-0.39, 0.29) is 5.91 Å². The Labute approximate surface area is 149 Å². The number of rotatable bonds is 7. The molecule has 0 bridgehead atoms. The number of para-hydroxylation sites is 2. The van der Waals surface area contributed by atoms with Gasteiger partial charge in [0.2, 0.25) is 15.9 Å². The van der Waals surface area contributed by atoms with Crippen molar-refractivity contribution in [2.24, 2.45) is 0 Å². The van der Waals surface area contributed by atoms with E-state index in [0.29, 0.717) is 12.1 Å². The Morgan fingerprint density at radius 2 is 1.64 bits per heavy atom. The number of anilines is 2. The van der Waals surface area contributed by atoms with Crippen molar-refractivity contribution in [1.82, 2.24) is 0 Å². The minimum Gasteiger partial charge on any atom is -0.324 e. The number of nitrogens with zero attached hydrogens (tertiary/aromatic N) is 1. The van der Waals surface area contributed by atoms with Gasteiger partial charge in [-0.25, -0.2) is 8.42 Å². The molecule has 1 unspecified atom stereocenters. The summed E-state index contributed by atoms with van der Waals surface area (Å²) in [7, 11) is -3.61. The van der Waals surface area contributed by atoms with E-state index in [9.17, 15) is 13.2 Å². The third kappa shape index (κ3) is 4.60. The molecule has 0 radical (unpaired) electrons. The van der Waals surface area contributed by atoms with Gasteiger partial charge < -0.3 is 5.32 Å². The Balaban J connectivity index is 2.36. The van der Waals surface area contributed by atoms with Gasteiger partial charge in [0.05, 0.1) is 11.9 Å². The van der Waals surface area contributed by atoms with Crippen LogP contribution in [0, 0.1) is 0 Å². The molecule has 2 rings (SSSR count). The standard InChI is InChI=1S/C19H24N2O3S/c1-4-15-11-9-10-14-17(15)20-19(22)18(5-2)21(25(3,23)24)16-12-7-6-8-13-16/h6-14,18H,4-5H2,1-3H3,(H,20,22). The van der Waals surface area contributed by atoms with Crippen LogP contribution in [-0.4, -0.2) is 26.6 Å². The van der Waals surface area contributed by atoms with Crippen LogP contribution in [0.2, 0.25) is 0 Å². The summed E-state index contributed by atoms with van der Waals surface area (Å²) in [4.78, 5) is 12.9. The molecular formula is C19H24N2O3S. The quantitative estimate of drug-likeness (QED) is 0.822. The van der Waals surface area contributed by atoms with Crippen molar-refractivity contribution in [2.45, 2.75) is 32.7 Å². The third-order valence-corrected chi connectivity index (χ3v) is 5.18. The number of nitrogens with one attached hydrogen (secondary N) is 1. The second-order valence-corrected chi connectivity index (χ2v) is 7.68. The molecule has 25 heavy (non-hydrogen) atoms. The van der Waals surface area contributed by atoms with Crippen molar-refractivity contribution >= 4 is 27.3 Å². The van der Waals surface area contributed by atoms with Crippen molar-refractivity contribution in [3.8, 4) is 0 Å². The summed E-state index contributed by atoms with van der Waals surface area (Å²) in [6.45, 7) is 3.81. The molecule has 6 heteroatoms. The van der Waals surface area contributed by atoms with Crippen LogP contribution < -0.4 is 9.62 Å². The molecule has 0 fully saturated rings. The summed E-state index contributed by atoms with van der Waals surface area (Å²) < 4.78 is 25.9. The fourth-order valence-electron chi connectivity index (χ4n) is 2.80. The van der Waals surface area contributed by atoms with E-state index >= 15 is 0 Å². The van der Waals surface area contributed by atoms with Gasteiger partial charge in [-0.1, -0.05) is 50.2 Å². The number of hydrogen-bond acceptors (Lipinski definition) is 3. The maximum absolute atomic E-state index is 12.9. The molecule has 5 nitrogen and oxygen atoms in total. The lowest BCUT2D eigenvalue weighted by Crippen LogP contribution is -2.47. The summed E-state index contributed by atoms with van der Waals surface area (Å²) in [5.41, 5.74) is 2.21. The summed E-state index contributed by atoms with van der Waals surface area (Å²) >= 11 is 0. The van der Waals surface area contributed by atoms with Crippen LogP contribution in [0.3, 0.4) is 0 Å². The fraction of sp³-hybridized carbons (Fsp3) is 0.316. The van der Waals surface area contributed by atoms with E-state index in [4.69, 9.17) is 0 Å². The number of carbonyl (C=O) groups is 1. The molecule has 1 atom stereocenters. The highest BCUT2D eigenvalue weighted by atomic mass is 32.2. The number of hydrogen-bond donors (Lipinski definition) is 1. The van der Waals surface area contributed by atoms with E-state index in [1.54, 1.807) is 31.2 Å². The normalized spacial score (nSPS) is 12.4. The number of carbonyl (C=O) groups excluding carboxylic acids is 1. The van der Waals surface area contributed by atoms with Gasteiger partial charge in [-0.05, 0) is 36.6 Å². The summed E-state index contributed by atoms with van der Waals surface area (Å²) in [6, 6.07) is 15.4. The summed E-state index contributed by atoms with van der Waals surface area (Å²) in [6.07, 6.45) is 2.26. The van der Waals surface area contributed by atoms with Crippen LogP contribution >= 0.6 is 0 Å². The van der Waals surface area contributed by atoms with Gasteiger partial charge in [0, 0.05) is 5.69 Å². The molecule has 2 aromatic carbocycles. The monoisotopic (exact) mass is 360 g/mol. The molecule has 2 aromatic rings. The van der Waals surface area contributed by atoms with E-state index in [1.165, 1.54) is 4.31 Å². The van der Waals surface area contributed by atoms with Crippen molar-refractivity contribution in [1.29, 1.82) is 0 Å². The Morgan fingerprint density at radius 3 is 2.20 bits per heavy atom. The van der Waals surface area contributed by atoms with E-state index in [0.717, 1.165) is 23.9 Å². The van der Waals surface area contributed by atoms with Gasteiger partial charge in [-0.15, -0.1) is 0 Å². The number of aryl methyl sites for hydroxylation is 1. The second-order valence-electron chi connectivity index (χ2n) is 5.82. The lowest BCUT2D eigenvalue weighted by Gasteiger charge is -2.30. The highest BCUT2D eigenvalue weighted by Gasteiger charge is 2.31. The Hall–Kier alpha value is -2.34. The fourth-order valence-corrected chi connectivity index (χ4v) is 4.01. The maximum Gasteiger partial charge on any atom is 0.248 e. The van der Waals surface area contributed by atoms with Crippen molar-refractivity contribution < 1.29 is 13.2 Å². The number of amides is 1. The Bertz CT molecular complexity index is 820. The summed E-state index contributed by atoms with van der Waals surface area (Å²) in [5.74, 6) is -0.335. The SMILES string of the molecule is CCc1ccccc1NC(=O)C(CC)N(c1ccccc1)S(C)(=O)=O. The van der Waals surface area contributed by atoms with E-state index < -0.39 is 16.1 Å².